The highest BCUT2D eigenvalue weighted by Crippen LogP contribution is 2.13. The number of hydrogen-bond donors (Lipinski definition) is 3. The Balaban J connectivity index is 1.79. The van der Waals surface area contributed by atoms with Gasteiger partial charge in [-0.1, -0.05) is 38.1 Å². The molecule has 6 nitrogen and oxygen atoms in total. The normalized spacial score (nSPS) is 18.2. The van der Waals surface area contributed by atoms with E-state index in [1.807, 2.05) is 24.3 Å². The number of hydrazine groups is 1. The molecule has 0 radical (unpaired) electrons. The molecule has 1 aromatic carbocycles. The summed E-state index contributed by atoms with van der Waals surface area (Å²) in [5.41, 5.74) is 9.87. The maximum atomic E-state index is 11.6. The van der Waals surface area contributed by atoms with Crippen molar-refractivity contribution in [1.29, 1.82) is 0 Å². The molecule has 0 spiro atoms. The molecule has 2 rings (SSSR count). The lowest BCUT2D eigenvalue weighted by atomic mass is 10.0. The van der Waals surface area contributed by atoms with E-state index in [1.165, 1.54) is 5.56 Å². The summed E-state index contributed by atoms with van der Waals surface area (Å²) in [6, 6.07) is 7.86. The second kappa shape index (κ2) is 6.99. The summed E-state index contributed by atoms with van der Waals surface area (Å²) in [5.74, 6) is 0.173. The summed E-state index contributed by atoms with van der Waals surface area (Å²) in [6.07, 6.45) is 2.13. The number of nitrogens with one attached hydrogen (secondary N) is 3. The van der Waals surface area contributed by atoms with E-state index in [0.717, 1.165) is 5.56 Å². The molecule has 21 heavy (non-hydrogen) atoms. The maximum absolute atomic E-state index is 11.6. The molecule has 0 aliphatic carbocycles. The van der Waals surface area contributed by atoms with Gasteiger partial charge >= 0.3 is 0 Å². The Morgan fingerprint density at radius 3 is 2.71 bits per heavy atom. The van der Waals surface area contributed by atoms with Crippen LogP contribution in [-0.4, -0.2) is 24.1 Å². The minimum atomic E-state index is -0.223. The zero-order chi connectivity index (χ0) is 15.2. The van der Waals surface area contributed by atoms with Gasteiger partial charge in [0.2, 0.25) is 11.8 Å². The maximum Gasteiger partial charge on any atom is 0.241 e. The summed E-state index contributed by atoms with van der Waals surface area (Å²) < 4.78 is 0. The third-order valence-electron chi connectivity index (χ3n) is 3.29. The summed E-state index contributed by atoms with van der Waals surface area (Å²) in [5, 5.41) is 3.92. The summed E-state index contributed by atoms with van der Waals surface area (Å²) >= 11 is 0. The van der Waals surface area contributed by atoms with Crippen molar-refractivity contribution in [3.8, 4) is 0 Å². The van der Waals surface area contributed by atoms with Gasteiger partial charge in [0.15, 0.2) is 0 Å². The molecule has 112 valence electrons. The van der Waals surface area contributed by atoms with Crippen LogP contribution in [0.3, 0.4) is 0 Å². The van der Waals surface area contributed by atoms with Gasteiger partial charge in [0.05, 0.1) is 6.21 Å². The van der Waals surface area contributed by atoms with E-state index >= 15 is 0 Å². The first-order valence-electron chi connectivity index (χ1n) is 7.01. The molecule has 1 atom stereocenters. The highest BCUT2D eigenvalue weighted by Gasteiger charge is 2.22. The standard InChI is InChI=1S/C15H20N4O2/c1-10(2)12-5-3-11(4-6-12)9-16-18-14(20)7-13-8-15(21)19-17-13/h3-6,9-10,13,17H,7-8H2,1-2H3,(H,18,20)(H,19,21)/b16-9+. The SMILES string of the molecule is CC(C)c1ccc(/C=N/NC(=O)CC2CC(=O)NN2)cc1. The lowest BCUT2D eigenvalue weighted by Gasteiger charge is -2.06. The first-order chi connectivity index (χ1) is 10.0. The third kappa shape index (κ3) is 4.68. The molecule has 1 aliphatic rings. The molecule has 1 fully saturated rings. The average molecular weight is 288 g/mol. The first kappa shape index (κ1) is 15.2. The molecule has 1 aliphatic heterocycles. The highest BCUT2D eigenvalue weighted by atomic mass is 16.2. The van der Waals surface area contributed by atoms with E-state index in [1.54, 1.807) is 6.21 Å². The fourth-order valence-electron chi connectivity index (χ4n) is 2.05. The Labute approximate surface area is 124 Å². The minimum Gasteiger partial charge on any atom is -0.291 e. The minimum absolute atomic E-state index is 0.0958. The molecule has 0 saturated carbocycles. The van der Waals surface area contributed by atoms with Gasteiger partial charge in [-0.25, -0.2) is 10.9 Å². The van der Waals surface area contributed by atoms with E-state index in [0.29, 0.717) is 12.3 Å². The lowest BCUT2D eigenvalue weighted by molar-refractivity contribution is -0.121. The molecule has 1 aromatic rings. The number of benzene rings is 1. The van der Waals surface area contributed by atoms with Crippen molar-refractivity contribution in [2.24, 2.45) is 5.10 Å². The second-order valence-electron chi connectivity index (χ2n) is 5.41. The third-order valence-corrected chi connectivity index (χ3v) is 3.29. The van der Waals surface area contributed by atoms with E-state index in [4.69, 9.17) is 0 Å². The van der Waals surface area contributed by atoms with Crippen molar-refractivity contribution in [2.75, 3.05) is 0 Å². The zero-order valence-corrected chi connectivity index (χ0v) is 12.2. The van der Waals surface area contributed by atoms with Crippen LogP contribution in [0, 0.1) is 0 Å². The topological polar surface area (TPSA) is 82.6 Å². The monoisotopic (exact) mass is 288 g/mol. The van der Waals surface area contributed by atoms with Crippen molar-refractivity contribution >= 4 is 18.0 Å². The highest BCUT2D eigenvalue weighted by molar-refractivity contribution is 5.84. The summed E-state index contributed by atoms with van der Waals surface area (Å²) in [7, 11) is 0. The average Bonchev–Trinajstić information content (AvgIpc) is 2.84. The van der Waals surface area contributed by atoms with Crippen LogP contribution < -0.4 is 16.3 Å². The summed E-state index contributed by atoms with van der Waals surface area (Å²) in [6.45, 7) is 4.28. The molecule has 1 unspecified atom stereocenters. The van der Waals surface area contributed by atoms with Crippen LogP contribution >= 0.6 is 0 Å². The van der Waals surface area contributed by atoms with Crippen LogP contribution in [0.2, 0.25) is 0 Å². The molecule has 6 heteroatoms. The number of nitrogens with zero attached hydrogens (tertiary/aromatic N) is 1. The van der Waals surface area contributed by atoms with Crippen LogP contribution in [-0.2, 0) is 9.59 Å². The molecule has 3 N–H and O–H groups in total. The van der Waals surface area contributed by atoms with E-state index in [2.05, 4.69) is 35.2 Å². The van der Waals surface area contributed by atoms with Crippen LogP contribution in [0.4, 0.5) is 0 Å². The van der Waals surface area contributed by atoms with Gasteiger partial charge in [-0.15, -0.1) is 0 Å². The predicted octanol–water partition coefficient (Wildman–Crippen LogP) is 1.04. The van der Waals surface area contributed by atoms with Gasteiger partial charge in [0.1, 0.15) is 0 Å². The molecule has 0 bridgehead atoms. The molecule has 1 saturated heterocycles. The van der Waals surface area contributed by atoms with Crippen LogP contribution in [0.5, 0.6) is 0 Å². The number of rotatable bonds is 5. The Kier molecular flexibility index (Phi) is 5.05. The van der Waals surface area contributed by atoms with Crippen LogP contribution in [0.25, 0.3) is 0 Å². The number of hydrazone groups is 1. The quantitative estimate of drug-likeness (QED) is 0.559. The predicted molar refractivity (Wildman–Crippen MR) is 80.6 cm³/mol. The summed E-state index contributed by atoms with van der Waals surface area (Å²) in [4.78, 5) is 22.6. The first-order valence-corrected chi connectivity index (χ1v) is 7.01. The van der Waals surface area contributed by atoms with E-state index in [-0.39, 0.29) is 24.3 Å². The van der Waals surface area contributed by atoms with Crippen molar-refractivity contribution < 1.29 is 9.59 Å². The van der Waals surface area contributed by atoms with Crippen LogP contribution in [0.15, 0.2) is 29.4 Å². The van der Waals surface area contributed by atoms with Crippen molar-refractivity contribution in [3.05, 3.63) is 35.4 Å². The lowest BCUT2D eigenvalue weighted by Crippen LogP contribution is -2.34. The molecule has 2 amide bonds. The van der Waals surface area contributed by atoms with Crippen molar-refractivity contribution in [2.45, 2.75) is 38.6 Å². The Hall–Kier alpha value is -2.21. The number of carbonyl (C=O) groups is 2. The molecule has 1 heterocycles. The molecular weight excluding hydrogens is 268 g/mol. The van der Waals surface area contributed by atoms with E-state index < -0.39 is 0 Å². The van der Waals surface area contributed by atoms with Gasteiger partial charge in [0.25, 0.3) is 0 Å². The van der Waals surface area contributed by atoms with Crippen molar-refractivity contribution in [3.63, 3.8) is 0 Å². The molecule has 0 aromatic heterocycles. The Bertz CT molecular complexity index is 537. The van der Waals surface area contributed by atoms with Gasteiger partial charge < -0.3 is 0 Å². The van der Waals surface area contributed by atoms with Gasteiger partial charge in [0, 0.05) is 18.9 Å². The fourth-order valence-corrected chi connectivity index (χ4v) is 2.05. The number of amides is 2. The van der Waals surface area contributed by atoms with Gasteiger partial charge in [-0.05, 0) is 17.0 Å². The molecular formula is C15H20N4O2. The van der Waals surface area contributed by atoms with Gasteiger partial charge in [-0.3, -0.25) is 15.0 Å². The fraction of sp³-hybridized carbons (Fsp3) is 0.400. The van der Waals surface area contributed by atoms with Gasteiger partial charge in [-0.2, -0.15) is 5.10 Å². The number of hydrogen-bond acceptors (Lipinski definition) is 4. The second-order valence-corrected chi connectivity index (χ2v) is 5.41. The largest absolute Gasteiger partial charge is 0.291 e. The Morgan fingerprint density at radius 2 is 2.14 bits per heavy atom. The number of carbonyl (C=O) groups excluding carboxylic acids is 2. The van der Waals surface area contributed by atoms with Crippen LogP contribution in [0.1, 0.15) is 43.7 Å². The van der Waals surface area contributed by atoms with Crippen molar-refractivity contribution in [1.82, 2.24) is 16.3 Å². The smallest absolute Gasteiger partial charge is 0.241 e. The Morgan fingerprint density at radius 1 is 1.43 bits per heavy atom. The van der Waals surface area contributed by atoms with E-state index in [9.17, 15) is 9.59 Å². The zero-order valence-electron chi connectivity index (χ0n) is 12.2.